The standard InChI is InChI=1S/C9H15N3O3/c1-6-8(3-12(2)11-6)9(15)10-7(4-13)5-14/h3,7,13-14H,4-5H2,1-2H3,(H,10,15). The maximum atomic E-state index is 11.6. The highest BCUT2D eigenvalue weighted by Crippen LogP contribution is 2.04. The summed E-state index contributed by atoms with van der Waals surface area (Å²) in [5.74, 6) is -0.339. The van der Waals surface area contributed by atoms with Crippen LogP contribution in [0.3, 0.4) is 0 Å². The van der Waals surface area contributed by atoms with Gasteiger partial charge in [-0.05, 0) is 6.92 Å². The third-order valence-electron chi connectivity index (χ3n) is 2.03. The molecule has 1 amide bonds. The molecule has 6 nitrogen and oxygen atoms in total. The van der Waals surface area contributed by atoms with Crippen LogP contribution < -0.4 is 5.32 Å². The van der Waals surface area contributed by atoms with Gasteiger partial charge in [0.1, 0.15) is 0 Å². The van der Waals surface area contributed by atoms with E-state index in [1.54, 1.807) is 20.2 Å². The van der Waals surface area contributed by atoms with Gasteiger partial charge in [-0.3, -0.25) is 9.48 Å². The van der Waals surface area contributed by atoms with E-state index >= 15 is 0 Å². The lowest BCUT2D eigenvalue weighted by molar-refractivity contribution is 0.0878. The van der Waals surface area contributed by atoms with Gasteiger partial charge in [-0.2, -0.15) is 5.10 Å². The van der Waals surface area contributed by atoms with E-state index in [-0.39, 0.29) is 19.1 Å². The summed E-state index contributed by atoms with van der Waals surface area (Å²) < 4.78 is 1.54. The fraction of sp³-hybridized carbons (Fsp3) is 0.556. The normalized spacial score (nSPS) is 10.7. The first-order valence-corrected chi connectivity index (χ1v) is 4.61. The zero-order valence-electron chi connectivity index (χ0n) is 8.77. The topological polar surface area (TPSA) is 87.4 Å². The van der Waals surface area contributed by atoms with Gasteiger partial charge in [0.15, 0.2) is 0 Å². The molecule has 84 valence electrons. The number of aliphatic hydroxyl groups is 2. The molecule has 15 heavy (non-hydrogen) atoms. The molecule has 1 aromatic rings. The average Bonchev–Trinajstić information content (AvgIpc) is 2.54. The van der Waals surface area contributed by atoms with Crippen LogP contribution in [-0.4, -0.2) is 45.2 Å². The van der Waals surface area contributed by atoms with Crippen molar-refractivity contribution in [3.05, 3.63) is 17.5 Å². The molecule has 3 N–H and O–H groups in total. The predicted molar refractivity (Wildman–Crippen MR) is 53.4 cm³/mol. The van der Waals surface area contributed by atoms with Gasteiger partial charge in [-0.1, -0.05) is 0 Å². The molecule has 1 heterocycles. The Morgan fingerprint density at radius 1 is 1.60 bits per heavy atom. The summed E-state index contributed by atoms with van der Waals surface area (Å²) in [5.41, 5.74) is 1.06. The molecule has 6 heteroatoms. The summed E-state index contributed by atoms with van der Waals surface area (Å²) in [4.78, 5) is 11.6. The highest BCUT2D eigenvalue weighted by Gasteiger charge is 2.15. The van der Waals surface area contributed by atoms with Crippen LogP contribution in [0, 0.1) is 6.92 Å². The van der Waals surface area contributed by atoms with Crippen LogP contribution in [-0.2, 0) is 7.05 Å². The molecule has 0 saturated carbocycles. The van der Waals surface area contributed by atoms with Crippen LogP contribution in [0.25, 0.3) is 0 Å². The molecule has 0 aliphatic rings. The fourth-order valence-electron chi connectivity index (χ4n) is 1.23. The number of nitrogens with zero attached hydrogens (tertiary/aromatic N) is 2. The zero-order chi connectivity index (χ0) is 11.4. The van der Waals surface area contributed by atoms with Gasteiger partial charge in [-0.15, -0.1) is 0 Å². The van der Waals surface area contributed by atoms with Crippen molar-refractivity contribution in [2.45, 2.75) is 13.0 Å². The number of aliphatic hydroxyl groups excluding tert-OH is 2. The fourth-order valence-corrected chi connectivity index (χ4v) is 1.23. The second-order valence-corrected chi connectivity index (χ2v) is 3.34. The Kier molecular flexibility index (Phi) is 3.81. The predicted octanol–water partition coefficient (Wildman–Crippen LogP) is -1.19. The zero-order valence-corrected chi connectivity index (χ0v) is 8.77. The monoisotopic (exact) mass is 213 g/mol. The van der Waals surface area contributed by atoms with E-state index in [4.69, 9.17) is 10.2 Å². The van der Waals surface area contributed by atoms with Crippen LogP contribution in [0.1, 0.15) is 16.1 Å². The Morgan fingerprint density at radius 3 is 2.60 bits per heavy atom. The average molecular weight is 213 g/mol. The number of rotatable bonds is 4. The van der Waals surface area contributed by atoms with E-state index in [2.05, 4.69) is 10.4 Å². The number of carbonyl (C=O) groups is 1. The van der Waals surface area contributed by atoms with Gasteiger partial charge in [0.05, 0.1) is 30.5 Å². The van der Waals surface area contributed by atoms with E-state index in [1.165, 1.54) is 4.68 Å². The van der Waals surface area contributed by atoms with Crippen LogP contribution in [0.15, 0.2) is 6.20 Å². The molecule has 1 aromatic heterocycles. The lowest BCUT2D eigenvalue weighted by atomic mass is 10.2. The van der Waals surface area contributed by atoms with E-state index in [9.17, 15) is 4.79 Å². The van der Waals surface area contributed by atoms with Crippen molar-refractivity contribution in [2.24, 2.45) is 7.05 Å². The summed E-state index contributed by atoms with van der Waals surface area (Å²) in [6.45, 7) is 1.14. The minimum Gasteiger partial charge on any atom is -0.394 e. The van der Waals surface area contributed by atoms with E-state index < -0.39 is 6.04 Å². The first kappa shape index (κ1) is 11.7. The van der Waals surface area contributed by atoms with Crippen molar-refractivity contribution in [1.29, 1.82) is 0 Å². The SMILES string of the molecule is Cc1nn(C)cc1C(=O)NC(CO)CO. The molecule has 1 rings (SSSR count). The number of aryl methyl sites for hydroxylation is 2. The summed E-state index contributed by atoms with van der Waals surface area (Å²) >= 11 is 0. The third-order valence-corrected chi connectivity index (χ3v) is 2.03. The molecular weight excluding hydrogens is 198 g/mol. The van der Waals surface area contributed by atoms with E-state index in [1.807, 2.05) is 0 Å². The molecule has 0 aliphatic heterocycles. The molecule has 0 atom stereocenters. The highest BCUT2D eigenvalue weighted by atomic mass is 16.3. The van der Waals surface area contributed by atoms with Crippen molar-refractivity contribution >= 4 is 5.91 Å². The second kappa shape index (κ2) is 4.90. The van der Waals surface area contributed by atoms with Gasteiger partial charge >= 0.3 is 0 Å². The minimum atomic E-state index is -0.628. The first-order valence-electron chi connectivity index (χ1n) is 4.61. The molecule has 0 spiro atoms. The lowest BCUT2D eigenvalue weighted by Crippen LogP contribution is -2.40. The van der Waals surface area contributed by atoms with Crippen LogP contribution >= 0.6 is 0 Å². The van der Waals surface area contributed by atoms with Gasteiger partial charge < -0.3 is 15.5 Å². The Labute approximate surface area is 87.5 Å². The first-order chi connectivity index (χ1) is 7.08. The van der Waals surface area contributed by atoms with Crippen molar-refractivity contribution in [3.63, 3.8) is 0 Å². The Bertz CT molecular complexity index is 344. The summed E-state index contributed by atoms with van der Waals surface area (Å²) in [6.07, 6.45) is 1.59. The minimum absolute atomic E-state index is 0.290. The number of aromatic nitrogens is 2. The molecule has 0 saturated heterocycles. The van der Waals surface area contributed by atoms with Gasteiger partial charge in [0.25, 0.3) is 5.91 Å². The molecule has 0 aromatic carbocycles. The summed E-state index contributed by atoms with van der Waals surface area (Å²) in [5, 5.41) is 24.1. The smallest absolute Gasteiger partial charge is 0.255 e. The lowest BCUT2D eigenvalue weighted by Gasteiger charge is -2.12. The van der Waals surface area contributed by atoms with Gasteiger partial charge in [0, 0.05) is 13.2 Å². The number of amides is 1. The molecular formula is C9H15N3O3. The van der Waals surface area contributed by atoms with Crippen LogP contribution in [0.2, 0.25) is 0 Å². The molecule has 0 fully saturated rings. The maximum Gasteiger partial charge on any atom is 0.255 e. The number of hydrogen-bond donors (Lipinski definition) is 3. The quantitative estimate of drug-likeness (QED) is 0.587. The Balaban J connectivity index is 2.72. The number of hydrogen-bond acceptors (Lipinski definition) is 4. The molecule has 0 unspecified atom stereocenters. The number of nitrogens with one attached hydrogen (secondary N) is 1. The summed E-state index contributed by atoms with van der Waals surface area (Å²) in [7, 11) is 1.72. The molecule has 0 radical (unpaired) electrons. The second-order valence-electron chi connectivity index (χ2n) is 3.34. The molecule has 0 bridgehead atoms. The maximum absolute atomic E-state index is 11.6. The summed E-state index contributed by atoms with van der Waals surface area (Å²) in [6, 6.07) is -0.628. The largest absolute Gasteiger partial charge is 0.394 e. The van der Waals surface area contributed by atoms with Crippen molar-refractivity contribution in [3.8, 4) is 0 Å². The van der Waals surface area contributed by atoms with Crippen LogP contribution in [0.4, 0.5) is 0 Å². The van der Waals surface area contributed by atoms with E-state index in [0.29, 0.717) is 11.3 Å². The number of carbonyl (C=O) groups excluding carboxylic acids is 1. The van der Waals surface area contributed by atoms with Gasteiger partial charge in [0.2, 0.25) is 0 Å². The van der Waals surface area contributed by atoms with Crippen molar-refractivity contribution in [2.75, 3.05) is 13.2 Å². The Hall–Kier alpha value is -1.40. The molecule has 0 aliphatic carbocycles. The van der Waals surface area contributed by atoms with Crippen molar-refractivity contribution in [1.82, 2.24) is 15.1 Å². The van der Waals surface area contributed by atoms with E-state index in [0.717, 1.165) is 0 Å². The third kappa shape index (κ3) is 2.77. The highest BCUT2D eigenvalue weighted by molar-refractivity contribution is 5.95. The van der Waals surface area contributed by atoms with Gasteiger partial charge in [-0.25, -0.2) is 0 Å². The van der Waals surface area contributed by atoms with Crippen molar-refractivity contribution < 1.29 is 15.0 Å². The Morgan fingerprint density at radius 2 is 2.20 bits per heavy atom. The van der Waals surface area contributed by atoms with Crippen LogP contribution in [0.5, 0.6) is 0 Å².